The number of hydrogen-bond donors (Lipinski definition) is 0. The predicted octanol–water partition coefficient (Wildman–Crippen LogP) is 3.89. The molecule has 0 spiro atoms. The van der Waals surface area contributed by atoms with Gasteiger partial charge in [-0.3, -0.25) is 0 Å². The molecule has 2 aromatic carbocycles. The fourth-order valence-electron chi connectivity index (χ4n) is 1.73. The number of rotatable bonds is 6. The van der Waals surface area contributed by atoms with E-state index in [-0.39, 0.29) is 0 Å². The van der Waals surface area contributed by atoms with Crippen molar-refractivity contribution in [2.24, 2.45) is 0 Å². The molecule has 0 aliphatic rings. The van der Waals surface area contributed by atoms with E-state index in [1.807, 2.05) is 24.3 Å². The molecule has 87 valence electrons. The summed E-state index contributed by atoms with van der Waals surface area (Å²) < 4.78 is 5.62. The summed E-state index contributed by atoms with van der Waals surface area (Å²) >= 11 is 0. The van der Waals surface area contributed by atoms with E-state index in [1.165, 1.54) is 12.0 Å². The molecule has 0 aliphatic heterocycles. The van der Waals surface area contributed by atoms with E-state index in [1.54, 1.807) is 0 Å². The van der Waals surface area contributed by atoms with Gasteiger partial charge in [-0.25, -0.2) is 0 Å². The van der Waals surface area contributed by atoms with Crippen LogP contribution in [0.15, 0.2) is 54.6 Å². The van der Waals surface area contributed by atoms with Gasteiger partial charge < -0.3 is 4.74 Å². The topological polar surface area (TPSA) is 9.23 Å². The molecule has 1 radical (unpaired) electrons. The Kier molecular flexibility index (Phi) is 4.65. The van der Waals surface area contributed by atoms with Gasteiger partial charge >= 0.3 is 0 Å². The summed E-state index contributed by atoms with van der Waals surface area (Å²) in [4.78, 5) is 0. The lowest BCUT2D eigenvalue weighted by atomic mass is 10.1. The van der Waals surface area contributed by atoms with Crippen molar-refractivity contribution >= 4 is 0 Å². The second kappa shape index (κ2) is 6.74. The van der Waals surface area contributed by atoms with E-state index < -0.39 is 0 Å². The van der Waals surface area contributed by atoms with Gasteiger partial charge in [0.05, 0.1) is 6.61 Å². The smallest absolute Gasteiger partial charge is 0.119 e. The van der Waals surface area contributed by atoms with E-state index >= 15 is 0 Å². The van der Waals surface area contributed by atoms with Gasteiger partial charge in [0.25, 0.3) is 0 Å². The number of benzene rings is 2. The second-order valence-electron chi connectivity index (χ2n) is 4.03. The predicted molar refractivity (Wildman–Crippen MR) is 70.2 cm³/mol. The Morgan fingerprint density at radius 2 is 1.65 bits per heavy atom. The highest BCUT2D eigenvalue weighted by molar-refractivity contribution is 5.20. The molecule has 17 heavy (non-hydrogen) atoms. The SMILES string of the molecule is [c]1ccc(OCCCCc2ccccc2)cc1. The quantitative estimate of drug-likeness (QED) is 0.678. The van der Waals surface area contributed by atoms with Crippen LogP contribution in [0.25, 0.3) is 0 Å². The summed E-state index contributed by atoms with van der Waals surface area (Å²) in [6.07, 6.45) is 3.39. The van der Waals surface area contributed by atoms with Crippen LogP contribution in [0, 0.1) is 6.07 Å². The molecule has 1 nitrogen and oxygen atoms in total. The van der Waals surface area contributed by atoms with E-state index in [0.29, 0.717) is 0 Å². The molecular weight excluding hydrogens is 208 g/mol. The van der Waals surface area contributed by atoms with Crippen LogP contribution in [0.4, 0.5) is 0 Å². The minimum atomic E-state index is 0.789. The lowest BCUT2D eigenvalue weighted by molar-refractivity contribution is 0.307. The first-order valence-electron chi connectivity index (χ1n) is 6.08. The third-order valence-corrected chi connectivity index (χ3v) is 2.66. The van der Waals surface area contributed by atoms with Crippen molar-refractivity contribution in [1.82, 2.24) is 0 Å². The van der Waals surface area contributed by atoms with Crippen molar-refractivity contribution in [3.63, 3.8) is 0 Å². The number of unbranched alkanes of at least 4 members (excludes halogenated alkanes) is 1. The van der Waals surface area contributed by atoms with Crippen LogP contribution in [0.5, 0.6) is 5.75 Å². The normalized spacial score (nSPS) is 10.1. The highest BCUT2D eigenvalue weighted by Gasteiger charge is 1.94. The monoisotopic (exact) mass is 225 g/mol. The maximum Gasteiger partial charge on any atom is 0.119 e. The van der Waals surface area contributed by atoms with Gasteiger partial charge in [-0.15, -0.1) is 0 Å². The Bertz CT molecular complexity index is 367. The highest BCUT2D eigenvalue weighted by Crippen LogP contribution is 2.09. The molecule has 0 aliphatic carbocycles. The summed E-state index contributed by atoms with van der Waals surface area (Å²) in [5.41, 5.74) is 1.40. The Hall–Kier alpha value is -1.76. The zero-order valence-electron chi connectivity index (χ0n) is 9.93. The van der Waals surface area contributed by atoms with Gasteiger partial charge in [-0.05, 0) is 43.0 Å². The van der Waals surface area contributed by atoms with Crippen LogP contribution in [0.1, 0.15) is 18.4 Å². The van der Waals surface area contributed by atoms with Gasteiger partial charge in [0.15, 0.2) is 0 Å². The number of hydrogen-bond acceptors (Lipinski definition) is 1. The molecule has 0 fully saturated rings. The molecule has 0 N–H and O–H groups in total. The van der Waals surface area contributed by atoms with Crippen LogP contribution in [-0.4, -0.2) is 6.61 Å². The van der Waals surface area contributed by atoms with Crippen LogP contribution in [-0.2, 0) is 6.42 Å². The van der Waals surface area contributed by atoms with E-state index in [4.69, 9.17) is 4.74 Å². The van der Waals surface area contributed by atoms with Gasteiger partial charge in [0.1, 0.15) is 5.75 Å². The third kappa shape index (κ3) is 4.31. The Labute approximate surface area is 103 Å². The van der Waals surface area contributed by atoms with Crippen molar-refractivity contribution in [3.05, 3.63) is 66.2 Å². The zero-order valence-corrected chi connectivity index (χ0v) is 9.93. The average Bonchev–Trinajstić information content (AvgIpc) is 2.41. The maximum absolute atomic E-state index is 5.62. The zero-order chi connectivity index (χ0) is 11.8. The summed E-state index contributed by atoms with van der Waals surface area (Å²) in [7, 11) is 0. The third-order valence-electron chi connectivity index (χ3n) is 2.66. The summed E-state index contributed by atoms with van der Waals surface area (Å²) in [6, 6.07) is 21.2. The lowest BCUT2D eigenvalue weighted by Gasteiger charge is -2.05. The molecular formula is C16H17O. The Balaban J connectivity index is 1.61. The highest BCUT2D eigenvalue weighted by atomic mass is 16.5. The van der Waals surface area contributed by atoms with Gasteiger partial charge in [0.2, 0.25) is 0 Å². The van der Waals surface area contributed by atoms with Crippen molar-refractivity contribution in [1.29, 1.82) is 0 Å². The van der Waals surface area contributed by atoms with Gasteiger partial charge in [0, 0.05) is 0 Å². The van der Waals surface area contributed by atoms with E-state index in [9.17, 15) is 0 Å². The molecule has 0 saturated carbocycles. The molecule has 1 heteroatoms. The standard InChI is InChI=1S/C16H17O/c1-3-9-15(10-4-1)11-7-8-14-17-16-12-5-2-6-13-16/h1,3-6,9-10,12-13H,7-8,11,14H2. The van der Waals surface area contributed by atoms with Crippen molar-refractivity contribution in [2.75, 3.05) is 6.61 Å². The Morgan fingerprint density at radius 1 is 0.882 bits per heavy atom. The molecule has 0 aromatic heterocycles. The average molecular weight is 225 g/mol. The van der Waals surface area contributed by atoms with Crippen molar-refractivity contribution < 1.29 is 4.74 Å². The minimum absolute atomic E-state index is 0.789. The summed E-state index contributed by atoms with van der Waals surface area (Å²) in [6.45, 7) is 0.789. The van der Waals surface area contributed by atoms with Gasteiger partial charge in [-0.2, -0.15) is 0 Å². The number of ether oxygens (including phenoxy) is 1. The fourth-order valence-corrected chi connectivity index (χ4v) is 1.73. The molecule has 0 saturated heterocycles. The van der Waals surface area contributed by atoms with Crippen LogP contribution >= 0.6 is 0 Å². The molecule has 0 amide bonds. The molecule has 0 atom stereocenters. The first kappa shape index (κ1) is 11.7. The Morgan fingerprint density at radius 3 is 2.41 bits per heavy atom. The largest absolute Gasteiger partial charge is 0.494 e. The van der Waals surface area contributed by atoms with E-state index in [0.717, 1.165) is 25.2 Å². The molecule has 0 unspecified atom stereocenters. The lowest BCUT2D eigenvalue weighted by Crippen LogP contribution is -1.98. The van der Waals surface area contributed by atoms with Crippen molar-refractivity contribution in [3.8, 4) is 5.75 Å². The maximum atomic E-state index is 5.62. The summed E-state index contributed by atoms with van der Waals surface area (Å²) in [5, 5.41) is 0. The second-order valence-corrected chi connectivity index (χ2v) is 4.03. The molecule has 0 bridgehead atoms. The number of aryl methyl sites for hydroxylation is 1. The molecule has 2 rings (SSSR count). The van der Waals surface area contributed by atoms with Crippen LogP contribution in [0.3, 0.4) is 0 Å². The van der Waals surface area contributed by atoms with E-state index in [2.05, 4.69) is 36.4 Å². The minimum Gasteiger partial charge on any atom is -0.494 e. The first-order valence-corrected chi connectivity index (χ1v) is 6.08. The van der Waals surface area contributed by atoms with Gasteiger partial charge in [-0.1, -0.05) is 42.5 Å². The molecule has 0 heterocycles. The van der Waals surface area contributed by atoms with Crippen molar-refractivity contribution in [2.45, 2.75) is 19.3 Å². The summed E-state index contributed by atoms with van der Waals surface area (Å²) in [5.74, 6) is 0.934. The molecule has 2 aromatic rings. The van der Waals surface area contributed by atoms with Crippen LogP contribution in [0.2, 0.25) is 0 Å². The first-order chi connectivity index (χ1) is 8.45. The fraction of sp³-hybridized carbons (Fsp3) is 0.250. The van der Waals surface area contributed by atoms with Crippen LogP contribution < -0.4 is 4.74 Å².